The van der Waals surface area contributed by atoms with Crippen LogP contribution in [0.1, 0.15) is 57.9 Å². The van der Waals surface area contributed by atoms with Crippen molar-refractivity contribution in [1.29, 1.82) is 0 Å². The molecule has 0 spiro atoms. The van der Waals surface area contributed by atoms with Gasteiger partial charge < -0.3 is 5.32 Å². The summed E-state index contributed by atoms with van der Waals surface area (Å²) in [6.07, 6.45) is 10.2. The summed E-state index contributed by atoms with van der Waals surface area (Å²) in [6, 6.07) is 6.92. The van der Waals surface area contributed by atoms with Gasteiger partial charge in [-0.25, -0.2) is 4.39 Å². The Hall–Kier alpha value is -2.15. The number of nitrogens with one attached hydrogen (secondary N) is 1. The molecule has 1 atom stereocenters. The minimum Gasteiger partial charge on any atom is -0.355 e. The number of amides is 1. The van der Waals surface area contributed by atoms with Crippen LogP contribution in [0.25, 0.3) is 11.4 Å². The van der Waals surface area contributed by atoms with Crippen molar-refractivity contribution in [3.05, 3.63) is 41.7 Å². The molecular weight excluding hydrogens is 387 g/mol. The molecule has 1 amide bonds. The van der Waals surface area contributed by atoms with E-state index in [0.29, 0.717) is 23.1 Å². The largest absolute Gasteiger partial charge is 0.355 e. The summed E-state index contributed by atoms with van der Waals surface area (Å²) in [5.41, 5.74) is 1.91. The van der Waals surface area contributed by atoms with Crippen LogP contribution in [-0.2, 0) is 4.79 Å². The lowest BCUT2D eigenvalue weighted by atomic mass is 9.97. The highest BCUT2D eigenvalue weighted by atomic mass is 32.2. The summed E-state index contributed by atoms with van der Waals surface area (Å²) in [4.78, 5) is 12.5. The lowest BCUT2D eigenvalue weighted by Gasteiger charge is -2.15. The van der Waals surface area contributed by atoms with E-state index in [0.717, 1.165) is 32.1 Å². The molecule has 1 heterocycles. The number of hydrogen-bond acceptors (Lipinski definition) is 4. The van der Waals surface area contributed by atoms with E-state index in [9.17, 15) is 9.18 Å². The van der Waals surface area contributed by atoms with E-state index in [2.05, 4.69) is 21.6 Å². The summed E-state index contributed by atoms with van der Waals surface area (Å²) < 4.78 is 16.3. The van der Waals surface area contributed by atoms with Crippen LogP contribution >= 0.6 is 11.8 Å². The van der Waals surface area contributed by atoms with E-state index in [1.54, 1.807) is 18.2 Å². The number of allylic oxidation sites excluding steroid dienone is 1. The standard InChI is InChI=1S/C22H27FN4OS/c1-15(21(28)24-14-13-16-7-3-2-4-8-16)29-22-26-25-20(27(22)17-11-12-17)18-9-5-6-10-19(18)23/h5-7,9-10,15,17H,2-4,8,11-14H2,1H3,(H,24,28). The van der Waals surface area contributed by atoms with E-state index >= 15 is 0 Å². The van der Waals surface area contributed by atoms with Gasteiger partial charge in [-0.05, 0) is 64.0 Å². The Morgan fingerprint density at radius 2 is 2.14 bits per heavy atom. The van der Waals surface area contributed by atoms with Crippen molar-refractivity contribution in [1.82, 2.24) is 20.1 Å². The van der Waals surface area contributed by atoms with E-state index in [1.165, 1.54) is 36.2 Å². The zero-order valence-corrected chi connectivity index (χ0v) is 17.6. The van der Waals surface area contributed by atoms with Gasteiger partial charge in [0.1, 0.15) is 5.82 Å². The third-order valence-electron chi connectivity index (χ3n) is 5.47. The number of halogens is 1. The van der Waals surface area contributed by atoms with Gasteiger partial charge in [0.2, 0.25) is 5.91 Å². The van der Waals surface area contributed by atoms with Crippen LogP contribution < -0.4 is 5.32 Å². The quantitative estimate of drug-likeness (QED) is 0.493. The van der Waals surface area contributed by atoms with Crippen molar-refractivity contribution in [2.75, 3.05) is 6.54 Å². The van der Waals surface area contributed by atoms with Crippen molar-refractivity contribution in [3.8, 4) is 11.4 Å². The molecule has 0 aliphatic heterocycles. The maximum absolute atomic E-state index is 14.3. The molecule has 29 heavy (non-hydrogen) atoms. The van der Waals surface area contributed by atoms with Crippen LogP contribution in [0.2, 0.25) is 0 Å². The van der Waals surface area contributed by atoms with E-state index in [1.807, 2.05) is 11.5 Å². The average molecular weight is 415 g/mol. The summed E-state index contributed by atoms with van der Waals surface area (Å²) in [7, 11) is 0. The second-order valence-electron chi connectivity index (χ2n) is 7.80. The second kappa shape index (κ2) is 9.11. The monoisotopic (exact) mass is 414 g/mol. The van der Waals surface area contributed by atoms with E-state index < -0.39 is 0 Å². The molecule has 2 aliphatic rings. The first-order chi connectivity index (χ1) is 14.1. The van der Waals surface area contributed by atoms with Gasteiger partial charge in [0.05, 0.1) is 10.8 Å². The van der Waals surface area contributed by atoms with Gasteiger partial charge in [0, 0.05) is 12.6 Å². The predicted octanol–water partition coefficient (Wildman–Crippen LogP) is 4.91. The maximum Gasteiger partial charge on any atom is 0.233 e. The highest BCUT2D eigenvalue weighted by Crippen LogP contribution is 2.42. The third kappa shape index (κ3) is 4.89. The normalized spacial score (nSPS) is 17.7. The highest BCUT2D eigenvalue weighted by molar-refractivity contribution is 8.00. The number of thioether (sulfide) groups is 1. The molecule has 1 aromatic heterocycles. The molecule has 2 aromatic rings. The van der Waals surface area contributed by atoms with Crippen molar-refractivity contribution < 1.29 is 9.18 Å². The lowest BCUT2D eigenvalue weighted by Crippen LogP contribution is -2.32. The second-order valence-corrected chi connectivity index (χ2v) is 9.10. The van der Waals surface area contributed by atoms with Gasteiger partial charge in [-0.2, -0.15) is 0 Å². The van der Waals surface area contributed by atoms with E-state index in [-0.39, 0.29) is 23.0 Å². The Balaban J connectivity index is 1.40. The molecular formula is C22H27FN4OS. The fourth-order valence-corrected chi connectivity index (χ4v) is 4.62. The summed E-state index contributed by atoms with van der Waals surface area (Å²) in [5.74, 6) is 0.246. The minimum atomic E-state index is -0.304. The average Bonchev–Trinajstić information content (AvgIpc) is 3.49. The number of nitrogens with zero attached hydrogens (tertiary/aromatic N) is 3. The lowest BCUT2D eigenvalue weighted by molar-refractivity contribution is -0.120. The maximum atomic E-state index is 14.3. The summed E-state index contributed by atoms with van der Waals surface area (Å²) in [6.45, 7) is 2.56. The first-order valence-corrected chi connectivity index (χ1v) is 11.3. The molecule has 154 valence electrons. The SMILES string of the molecule is CC(Sc1nnc(-c2ccccc2F)n1C1CC1)C(=O)NCCC1=CCCCC1. The first-order valence-electron chi connectivity index (χ1n) is 10.5. The Kier molecular flexibility index (Phi) is 6.33. The van der Waals surface area contributed by atoms with Gasteiger partial charge in [-0.1, -0.05) is 35.5 Å². The first kappa shape index (κ1) is 20.1. The van der Waals surface area contributed by atoms with Crippen molar-refractivity contribution >= 4 is 17.7 Å². The van der Waals surface area contributed by atoms with Gasteiger partial charge in [0.15, 0.2) is 11.0 Å². The van der Waals surface area contributed by atoms with E-state index in [4.69, 9.17) is 0 Å². The number of carbonyl (C=O) groups is 1. The summed E-state index contributed by atoms with van der Waals surface area (Å²) >= 11 is 1.39. The number of aromatic nitrogens is 3. The Morgan fingerprint density at radius 3 is 2.86 bits per heavy atom. The van der Waals surface area contributed by atoms with Gasteiger partial charge in [0.25, 0.3) is 0 Å². The molecule has 1 unspecified atom stereocenters. The highest BCUT2D eigenvalue weighted by Gasteiger charge is 2.32. The Labute approximate surface area is 175 Å². The fourth-order valence-electron chi connectivity index (χ4n) is 3.68. The molecule has 1 saturated carbocycles. The van der Waals surface area contributed by atoms with Crippen LogP contribution in [-0.4, -0.2) is 32.5 Å². The van der Waals surface area contributed by atoms with Gasteiger partial charge >= 0.3 is 0 Å². The molecule has 7 heteroatoms. The fraction of sp³-hybridized carbons (Fsp3) is 0.500. The smallest absolute Gasteiger partial charge is 0.233 e. The topological polar surface area (TPSA) is 59.8 Å². The third-order valence-corrected chi connectivity index (χ3v) is 6.53. The Morgan fingerprint density at radius 1 is 1.31 bits per heavy atom. The van der Waals surface area contributed by atoms with Crippen molar-refractivity contribution in [2.24, 2.45) is 0 Å². The zero-order chi connectivity index (χ0) is 20.2. The molecule has 0 radical (unpaired) electrons. The van der Waals surface area contributed by atoms with Gasteiger partial charge in [-0.3, -0.25) is 9.36 Å². The van der Waals surface area contributed by atoms with Crippen LogP contribution in [0.5, 0.6) is 0 Å². The number of rotatable bonds is 8. The zero-order valence-electron chi connectivity index (χ0n) is 16.7. The molecule has 0 saturated heterocycles. The molecule has 4 rings (SSSR count). The van der Waals surface area contributed by atoms with Crippen LogP contribution in [0.15, 0.2) is 41.1 Å². The van der Waals surface area contributed by atoms with Gasteiger partial charge in [-0.15, -0.1) is 10.2 Å². The van der Waals surface area contributed by atoms with Crippen LogP contribution in [0.4, 0.5) is 4.39 Å². The Bertz CT molecular complexity index is 906. The number of benzene rings is 1. The van der Waals surface area contributed by atoms with Crippen LogP contribution in [0.3, 0.4) is 0 Å². The molecule has 0 bridgehead atoms. The van der Waals surface area contributed by atoms with Crippen molar-refractivity contribution in [2.45, 2.75) is 68.3 Å². The molecule has 1 N–H and O–H groups in total. The molecule has 1 fully saturated rings. The predicted molar refractivity (Wildman–Crippen MR) is 113 cm³/mol. The molecule has 5 nitrogen and oxygen atoms in total. The number of carbonyl (C=O) groups excluding carboxylic acids is 1. The van der Waals surface area contributed by atoms with Crippen LogP contribution in [0, 0.1) is 5.82 Å². The number of hydrogen-bond donors (Lipinski definition) is 1. The molecule has 2 aliphatic carbocycles. The minimum absolute atomic E-state index is 0.00389. The summed E-state index contributed by atoms with van der Waals surface area (Å²) in [5, 5.41) is 12.0. The van der Waals surface area contributed by atoms with Crippen molar-refractivity contribution in [3.63, 3.8) is 0 Å². The molecule has 1 aromatic carbocycles.